The van der Waals surface area contributed by atoms with E-state index in [2.05, 4.69) is 12.2 Å². The van der Waals surface area contributed by atoms with Crippen LogP contribution in [0.15, 0.2) is 0 Å². The van der Waals surface area contributed by atoms with E-state index in [4.69, 9.17) is 9.47 Å². The fraction of sp³-hybridized carbons (Fsp3) is 0.875. The van der Waals surface area contributed by atoms with E-state index in [9.17, 15) is 9.59 Å². The minimum Gasteiger partial charge on any atom is -0.465 e. The Morgan fingerprint density at radius 3 is 2.52 bits per heavy atom. The maximum atomic E-state index is 11.9. The summed E-state index contributed by atoms with van der Waals surface area (Å²) in [4.78, 5) is 23.6. The van der Waals surface area contributed by atoms with E-state index in [1.807, 2.05) is 20.8 Å². The molecule has 2 atom stereocenters. The zero-order chi connectivity index (χ0) is 15.9. The van der Waals surface area contributed by atoms with Gasteiger partial charge in [0.2, 0.25) is 0 Å². The van der Waals surface area contributed by atoms with E-state index in [0.29, 0.717) is 13.0 Å². The minimum atomic E-state index is -0.500. The second kappa shape index (κ2) is 8.25. The second-order valence-corrected chi connectivity index (χ2v) is 6.73. The predicted octanol–water partition coefficient (Wildman–Crippen LogP) is 3.41. The van der Waals surface area contributed by atoms with Crippen LogP contribution in [0, 0.1) is 5.92 Å². The van der Waals surface area contributed by atoms with Crippen LogP contribution < -0.4 is 5.32 Å². The zero-order valence-corrected chi connectivity index (χ0v) is 13.7. The smallest absolute Gasteiger partial charge is 0.407 e. The molecule has 21 heavy (non-hydrogen) atoms. The molecule has 0 aliphatic heterocycles. The van der Waals surface area contributed by atoms with Crippen molar-refractivity contribution in [1.82, 2.24) is 5.32 Å². The quantitative estimate of drug-likeness (QED) is 0.603. The Bertz CT molecular complexity index is 349. The number of alkyl carbamates (subject to hydrolysis) is 1. The first-order valence-electron chi connectivity index (χ1n) is 7.98. The van der Waals surface area contributed by atoms with Gasteiger partial charge >= 0.3 is 12.1 Å². The highest BCUT2D eigenvalue weighted by atomic mass is 16.6. The normalized spacial score (nSPS) is 21.9. The van der Waals surface area contributed by atoms with Gasteiger partial charge in [-0.05, 0) is 46.5 Å². The maximum absolute atomic E-state index is 11.9. The molecule has 0 heterocycles. The number of hydrogen-bond donors (Lipinski definition) is 1. The van der Waals surface area contributed by atoms with E-state index in [1.54, 1.807) is 0 Å². The standard InChI is InChI=1S/C16H29NO4/c1-5-6-7-10-20-14(18)12-8-9-13(11-12)17-15(19)21-16(2,3)4/h12-13H,5-11H2,1-4H3,(H,17,19). The topological polar surface area (TPSA) is 64.6 Å². The van der Waals surface area contributed by atoms with Crippen LogP contribution in [0.1, 0.15) is 66.2 Å². The summed E-state index contributed by atoms with van der Waals surface area (Å²) >= 11 is 0. The van der Waals surface area contributed by atoms with Crippen molar-refractivity contribution in [3.63, 3.8) is 0 Å². The van der Waals surface area contributed by atoms with Crippen molar-refractivity contribution in [3.05, 3.63) is 0 Å². The number of esters is 1. The van der Waals surface area contributed by atoms with E-state index >= 15 is 0 Å². The molecule has 0 saturated heterocycles. The van der Waals surface area contributed by atoms with Crippen molar-refractivity contribution >= 4 is 12.1 Å². The minimum absolute atomic E-state index is 0.00745. The Morgan fingerprint density at radius 2 is 1.90 bits per heavy atom. The number of unbranched alkanes of at least 4 members (excludes halogenated alkanes) is 2. The highest BCUT2D eigenvalue weighted by molar-refractivity contribution is 5.73. The molecule has 0 radical (unpaired) electrons. The molecule has 1 saturated carbocycles. The number of ether oxygens (including phenoxy) is 2. The number of hydrogen-bond acceptors (Lipinski definition) is 4. The van der Waals surface area contributed by atoms with Crippen molar-refractivity contribution in [2.75, 3.05) is 6.61 Å². The third kappa shape index (κ3) is 7.34. The summed E-state index contributed by atoms with van der Waals surface area (Å²) in [5.41, 5.74) is -0.500. The van der Waals surface area contributed by atoms with Gasteiger partial charge in [-0.15, -0.1) is 0 Å². The number of nitrogens with one attached hydrogen (secondary N) is 1. The summed E-state index contributed by atoms with van der Waals surface area (Å²) in [6.45, 7) is 8.12. The Labute approximate surface area is 127 Å². The van der Waals surface area contributed by atoms with E-state index in [-0.39, 0.29) is 17.9 Å². The summed E-state index contributed by atoms with van der Waals surface area (Å²) in [5, 5.41) is 2.83. The van der Waals surface area contributed by atoms with Crippen molar-refractivity contribution in [3.8, 4) is 0 Å². The first kappa shape index (κ1) is 17.8. The van der Waals surface area contributed by atoms with Gasteiger partial charge in [-0.2, -0.15) is 0 Å². The molecule has 0 aromatic carbocycles. The molecule has 0 aromatic heterocycles. The lowest BCUT2D eigenvalue weighted by Crippen LogP contribution is -2.38. The first-order valence-corrected chi connectivity index (χ1v) is 7.98. The van der Waals surface area contributed by atoms with Gasteiger partial charge in [-0.1, -0.05) is 19.8 Å². The van der Waals surface area contributed by atoms with Gasteiger partial charge in [0.15, 0.2) is 0 Å². The van der Waals surface area contributed by atoms with E-state index < -0.39 is 11.7 Å². The molecule has 1 N–H and O–H groups in total. The van der Waals surface area contributed by atoms with Crippen molar-refractivity contribution < 1.29 is 19.1 Å². The molecule has 0 aromatic rings. The molecule has 1 rings (SSSR count). The molecule has 0 bridgehead atoms. The highest BCUT2D eigenvalue weighted by Gasteiger charge is 2.32. The fourth-order valence-corrected chi connectivity index (χ4v) is 2.44. The van der Waals surface area contributed by atoms with Crippen LogP contribution in [0.5, 0.6) is 0 Å². The van der Waals surface area contributed by atoms with Crippen LogP contribution >= 0.6 is 0 Å². The van der Waals surface area contributed by atoms with E-state index in [0.717, 1.165) is 32.1 Å². The summed E-state index contributed by atoms with van der Waals surface area (Å²) in [6, 6.07) is 0.00745. The lowest BCUT2D eigenvalue weighted by atomic mass is 10.1. The molecule has 2 unspecified atom stereocenters. The van der Waals surface area contributed by atoms with E-state index in [1.165, 1.54) is 0 Å². The van der Waals surface area contributed by atoms with Crippen LogP contribution in [0.25, 0.3) is 0 Å². The largest absolute Gasteiger partial charge is 0.465 e. The number of amides is 1. The monoisotopic (exact) mass is 299 g/mol. The summed E-state index contributed by atoms with van der Waals surface area (Å²) in [6.07, 6.45) is 4.93. The van der Waals surface area contributed by atoms with Crippen LogP contribution in [0.3, 0.4) is 0 Å². The molecule has 5 heteroatoms. The van der Waals surface area contributed by atoms with Gasteiger partial charge in [0.05, 0.1) is 12.5 Å². The Morgan fingerprint density at radius 1 is 1.19 bits per heavy atom. The predicted molar refractivity (Wildman–Crippen MR) is 81.0 cm³/mol. The molecule has 5 nitrogen and oxygen atoms in total. The molecule has 1 fully saturated rings. The molecular weight excluding hydrogens is 270 g/mol. The van der Waals surface area contributed by atoms with Gasteiger partial charge < -0.3 is 14.8 Å². The Kier molecular flexibility index (Phi) is 6.99. The van der Waals surface area contributed by atoms with Crippen LogP contribution in [0.2, 0.25) is 0 Å². The van der Waals surface area contributed by atoms with Crippen LogP contribution in [-0.2, 0) is 14.3 Å². The number of carbonyl (C=O) groups excluding carboxylic acids is 2. The Hall–Kier alpha value is -1.26. The molecule has 1 amide bonds. The third-order valence-electron chi connectivity index (χ3n) is 3.48. The lowest BCUT2D eigenvalue weighted by Gasteiger charge is -2.21. The van der Waals surface area contributed by atoms with Gasteiger partial charge in [0.25, 0.3) is 0 Å². The average molecular weight is 299 g/mol. The van der Waals surface area contributed by atoms with Gasteiger partial charge in [0, 0.05) is 6.04 Å². The highest BCUT2D eigenvalue weighted by Crippen LogP contribution is 2.27. The van der Waals surface area contributed by atoms with Gasteiger partial charge in [-0.25, -0.2) is 4.79 Å². The fourth-order valence-electron chi connectivity index (χ4n) is 2.44. The van der Waals surface area contributed by atoms with Crippen molar-refractivity contribution in [1.29, 1.82) is 0 Å². The molecule has 122 valence electrons. The lowest BCUT2D eigenvalue weighted by molar-refractivity contribution is -0.148. The van der Waals surface area contributed by atoms with Gasteiger partial charge in [-0.3, -0.25) is 4.79 Å². The number of carbonyl (C=O) groups is 2. The third-order valence-corrected chi connectivity index (χ3v) is 3.48. The van der Waals surface area contributed by atoms with Crippen molar-refractivity contribution in [2.24, 2.45) is 5.92 Å². The Balaban J connectivity index is 2.25. The van der Waals surface area contributed by atoms with Crippen LogP contribution in [-0.4, -0.2) is 30.3 Å². The average Bonchev–Trinajstić information content (AvgIpc) is 2.80. The molecular formula is C16H29NO4. The molecule has 0 spiro atoms. The zero-order valence-electron chi connectivity index (χ0n) is 13.7. The SMILES string of the molecule is CCCCCOC(=O)C1CCC(NC(=O)OC(C)(C)C)C1. The maximum Gasteiger partial charge on any atom is 0.407 e. The summed E-state index contributed by atoms with van der Waals surface area (Å²) in [5.74, 6) is -0.217. The van der Waals surface area contributed by atoms with Crippen molar-refractivity contribution in [2.45, 2.75) is 77.9 Å². The summed E-state index contributed by atoms with van der Waals surface area (Å²) in [7, 11) is 0. The molecule has 1 aliphatic carbocycles. The van der Waals surface area contributed by atoms with Gasteiger partial charge in [0.1, 0.15) is 5.60 Å². The molecule has 1 aliphatic rings. The summed E-state index contributed by atoms with van der Waals surface area (Å²) < 4.78 is 10.5. The second-order valence-electron chi connectivity index (χ2n) is 6.73. The number of rotatable bonds is 6. The van der Waals surface area contributed by atoms with Crippen LogP contribution in [0.4, 0.5) is 4.79 Å². The first-order chi connectivity index (χ1) is 9.81.